The van der Waals surface area contributed by atoms with Crippen molar-refractivity contribution >= 4 is 29.1 Å². The fourth-order valence-corrected chi connectivity index (χ4v) is 4.20. The Morgan fingerprint density at radius 2 is 1.69 bits per heavy atom. The molecule has 35 heavy (non-hydrogen) atoms. The van der Waals surface area contributed by atoms with Crippen LogP contribution >= 0.6 is 11.6 Å². The second kappa shape index (κ2) is 9.68. The number of carbonyl (C=O) groups excluding carboxylic acids is 2. The molecule has 4 rings (SSSR count). The highest BCUT2D eigenvalue weighted by Crippen LogP contribution is 2.42. The maximum absolute atomic E-state index is 13.4. The molecule has 1 aliphatic heterocycles. The maximum Gasteiger partial charge on any atom is 0.295 e. The van der Waals surface area contributed by atoms with Crippen molar-refractivity contribution in [1.82, 2.24) is 4.90 Å². The van der Waals surface area contributed by atoms with E-state index in [-0.39, 0.29) is 28.5 Å². The number of nitrogens with zero attached hydrogens (tertiary/aromatic N) is 1. The molecular weight excluding hydrogens is 477 g/mol. The Kier molecular flexibility index (Phi) is 6.66. The van der Waals surface area contributed by atoms with Crippen LogP contribution in [0.3, 0.4) is 0 Å². The number of rotatable bonds is 6. The summed E-state index contributed by atoms with van der Waals surface area (Å²) >= 11 is 6.12. The molecule has 7 nitrogen and oxygen atoms in total. The van der Waals surface area contributed by atoms with Crippen LogP contribution in [0, 0.1) is 5.82 Å². The molecule has 0 saturated carbocycles. The summed E-state index contributed by atoms with van der Waals surface area (Å²) in [5, 5.41) is 21.1. The Bertz CT molecular complexity index is 1340. The van der Waals surface area contributed by atoms with Crippen LogP contribution in [0.5, 0.6) is 17.2 Å². The number of ether oxygens (including phenoxy) is 2. The minimum absolute atomic E-state index is 0.0148. The van der Waals surface area contributed by atoms with Crippen molar-refractivity contribution in [2.45, 2.75) is 12.6 Å². The number of amides is 1. The predicted molar refractivity (Wildman–Crippen MR) is 127 cm³/mol. The van der Waals surface area contributed by atoms with E-state index in [0.717, 1.165) is 0 Å². The van der Waals surface area contributed by atoms with Gasteiger partial charge in [-0.25, -0.2) is 4.39 Å². The van der Waals surface area contributed by atoms with Crippen LogP contribution in [-0.2, 0) is 16.1 Å². The fraction of sp³-hybridized carbons (Fsp3) is 0.154. The summed E-state index contributed by atoms with van der Waals surface area (Å²) in [4.78, 5) is 27.6. The van der Waals surface area contributed by atoms with Gasteiger partial charge in [-0.15, -0.1) is 0 Å². The van der Waals surface area contributed by atoms with E-state index in [1.165, 1.54) is 73.7 Å². The SMILES string of the molecule is COc1ccc(/C(O)=C2/C(=O)C(=O)N(Cc3ccc(F)cc3)C2c2ccc(O)c(Cl)c2)cc1OC. The van der Waals surface area contributed by atoms with Gasteiger partial charge in [0.05, 0.1) is 30.9 Å². The number of methoxy groups -OCH3 is 2. The third-order valence-corrected chi connectivity index (χ3v) is 6.05. The molecule has 1 saturated heterocycles. The first kappa shape index (κ1) is 24.1. The minimum Gasteiger partial charge on any atom is -0.507 e. The predicted octanol–water partition coefficient (Wildman–Crippen LogP) is 4.82. The third kappa shape index (κ3) is 4.52. The number of aromatic hydroxyl groups is 1. The van der Waals surface area contributed by atoms with Gasteiger partial charge >= 0.3 is 0 Å². The van der Waals surface area contributed by atoms with E-state index in [1.54, 1.807) is 6.07 Å². The molecule has 1 aliphatic rings. The van der Waals surface area contributed by atoms with Crippen molar-refractivity contribution in [1.29, 1.82) is 0 Å². The summed E-state index contributed by atoms with van der Waals surface area (Å²) in [5.74, 6) is -2.03. The summed E-state index contributed by atoms with van der Waals surface area (Å²) in [6.45, 7) is -0.0310. The number of aliphatic hydroxyl groups is 1. The lowest BCUT2D eigenvalue weighted by molar-refractivity contribution is -0.140. The van der Waals surface area contributed by atoms with Gasteiger partial charge in [0.15, 0.2) is 11.5 Å². The molecule has 3 aromatic rings. The van der Waals surface area contributed by atoms with Gasteiger partial charge in [-0.3, -0.25) is 9.59 Å². The highest BCUT2D eigenvalue weighted by molar-refractivity contribution is 6.46. The van der Waals surface area contributed by atoms with Crippen LogP contribution in [0.4, 0.5) is 4.39 Å². The zero-order valence-corrected chi connectivity index (χ0v) is 19.5. The van der Waals surface area contributed by atoms with E-state index in [4.69, 9.17) is 21.1 Å². The lowest BCUT2D eigenvalue weighted by atomic mass is 9.95. The zero-order chi connectivity index (χ0) is 25.3. The van der Waals surface area contributed by atoms with E-state index < -0.39 is 29.3 Å². The van der Waals surface area contributed by atoms with Gasteiger partial charge in [0.1, 0.15) is 17.3 Å². The average Bonchev–Trinajstić information content (AvgIpc) is 3.11. The summed E-state index contributed by atoms with van der Waals surface area (Å²) < 4.78 is 23.9. The van der Waals surface area contributed by atoms with Gasteiger partial charge in [-0.1, -0.05) is 29.8 Å². The first-order valence-electron chi connectivity index (χ1n) is 10.5. The van der Waals surface area contributed by atoms with Crippen LogP contribution in [0.15, 0.2) is 66.2 Å². The van der Waals surface area contributed by atoms with Crippen molar-refractivity contribution in [3.63, 3.8) is 0 Å². The fourth-order valence-electron chi connectivity index (χ4n) is 4.01. The Morgan fingerprint density at radius 3 is 2.31 bits per heavy atom. The van der Waals surface area contributed by atoms with Gasteiger partial charge in [-0.2, -0.15) is 0 Å². The number of Topliss-reactive ketones (excluding diaryl/α,β-unsaturated/α-hetero) is 1. The molecule has 0 bridgehead atoms. The number of ketones is 1. The molecule has 1 unspecified atom stereocenters. The van der Waals surface area contributed by atoms with Gasteiger partial charge in [0.25, 0.3) is 11.7 Å². The molecule has 0 aromatic heterocycles. The van der Waals surface area contributed by atoms with Crippen LogP contribution < -0.4 is 9.47 Å². The second-order valence-electron chi connectivity index (χ2n) is 7.83. The normalized spacial score (nSPS) is 17.0. The highest BCUT2D eigenvalue weighted by atomic mass is 35.5. The number of carbonyl (C=O) groups is 2. The van der Waals surface area contributed by atoms with Crippen molar-refractivity contribution < 1.29 is 33.7 Å². The number of phenols is 1. The van der Waals surface area contributed by atoms with E-state index in [9.17, 15) is 24.2 Å². The molecule has 0 aliphatic carbocycles. The minimum atomic E-state index is -1.02. The molecule has 3 aromatic carbocycles. The van der Waals surface area contributed by atoms with Crippen LogP contribution in [0.25, 0.3) is 5.76 Å². The number of hydrogen-bond acceptors (Lipinski definition) is 6. The smallest absolute Gasteiger partial charge is 0.295 e. The lowest BCUT2D eigenvalue weighted by Crippen LogP contribution is -2.29. The Balaban J connectivity index is 1.88. The third-order valence-electron chi connectivity index (χ3n) is 5.75. The first-order valence-corrected chi connectivity index (χ1v) is 10.9. The first-order chi connectivity index (χ1) is 16.7. The van der Waals surface area contributed by atoms with E-state index in [1.807, 2.05) is 0 Å². The number of hydrogen-bond donors (Lipinski definition) is 2. The molecule has 180 valence electrons. The molecular formula is C26H21ClFNO6. The molecule has 0 radical (unpaired) electrons. The summed E-state index contributed by atoms with van der Waals surface area (Å²) in [6.07, 6.45) is 0. The number of benzene rings is 3. The molecule has 2 N–H and O–H groups in total. The van der Waals surface area contributed by atoms with Crippen LogP contribution in [0.2, 0.25) is 5.02 Å². The van der Waals surface area contributed by atoms with E-state index in [0.29, 0.717) is 22.6 Å². The number of aliphatic hydroxyl groups excluding tert-OH is 1. The monoisotopic (exact) mass is 497 g/mol. The topological polar surface area (TPSA) is 96.3 Å². The van der Waals surface area contributed by atoms with E-state index in [2.05, 4.69) is 0 Å². The molecule has 0 spiro atoms. The molecule has 1 atom stereocenters. The van der Waals surface area contributed by atoms with Crippen molar-refractivity contribution in [3.05, 3.63) is 93.8 Å². The summed E-state index contributed by atoms with van der Waals surface area (Å²) in [7, 11) is 2.90. The lowest BCUT2D eigenvalue weighted by Gasteiger charge is -2.25. The van der Waals surface area contributed by atoms with Crippen molar-refractivity contribution in [2.24, 2.45) is 0 Å². The Morgan fingerprint density at radius 1 is 1.00 bits per heavy atom. The maximum atomic E-state index is 13.4. The quantitative estimate of drug-likeness (QED) is 0.288. The molecule has 1 fully saturated rings. The molecule has 9 heteroatoms. The highest BCUT2D eigenvalue weighted by Gasteiger charge is 2.46. The van der Waals surface area contributed by atoms with Crippen molar-refractivity contribution in [2.75, 3.05) is 14.2 Å². The largest absolute Gasteiger partial charge is 0.507 e. The standard InChI is InChI=1S/C26H21ClFNO6/c1-34-20-10-6-16(12-21(20)35-2)24(31)22-23(15-5-9-19(30)18(27)11-15)29(26(33)25(22)32)13-14-3-7-17(28)8-4-14/h3-12,23,30-31H,13H2,1-2H3/b24-22-. The Hall–Kier alpha value is -4.04. The Labute approximate surface area is 205 Å². The number of likely N-dealkylation sites (tertiary alicyclic amines) is 1. The van der Waals surface area contributed by atoms with Crippen LogP contribution in [-0.4, -0.2) is 41.0 Å². The van der Waals surface area contributed by atoms with Gasteiger partial charge in [0, 0.05) is 12.1 Å². The second-order valence-corrected chi connectivity index (χ2v) is 8.24. The van der Waals surface area contributed by atoms with Gasteiger partial charge in [0.2, 0.25) is 0 Å². The average molecular weight is 498 g/mol. The van der Waals surface area contributed by atoms with Crippen molar-refractivity contribution in [3.8, 4) is 17.2 Å². The molecule has 1 heterocycles. The number of halogens is 2. The van der Waals surface area contributed by atoms with E-state index >= 15 is 0 Å². The van der Waals surface area contributed by atoms with Crippen LogP contribution in [0.1, 0.15) is 22.7 Å². The number of phenolic OH excluding ortho intramolecular Hbond substituents is 1. The van der Waals surface area contributed by atoms with Gasteiger partial charge < -0.3 is 24.6 Å². The summed E-state index contributed by atoms with van der Waals surface area (Å²) in [5.41, 5.74) is 1.05. The summed E-state index contributed by atoms with van der Waals surface area (Å²) in [6, 6.07) is 13.3. The zero-order valence-electron chi connectivity index (χ0n) is 18.8. The molecule has 1 amide bonds. The van der Waals surface area contributed by atoms with Gasteiger partial charge in [-0.05, 0) is 53.6 Å².